The Morgan fingerprint density at radius 2 is 1.31 bits per heavy atom. The average molecular weight is 450 g/mol. The van der Waals surface area contributed by atoms with Crippen molar-refractivity contribution >= 4 is 56.9 Å². The van der Waals surface area contributed by atoms with Gasteiger partial charge < -0.3 is 0 Å². The SMILES string of the molecule is Ic1ccc2c(c1)Sc1cc(I)ccc1C2. The van der Waals surface area contributed by atoms with Crippen LogP contribution in [0.5, 0.6) is 0 Å². The van der Waals surface area contributed by atoms with Crippen LogP contribution in [-0.4, -0.2) is 0 Å². The first-order valence-electron chi connectivity index (χ1n) is 4.97. The molecule has 0 atom stereocenters. The van der Waals surface area contributed by atoms with Gasteiger partial charge in [0.2, 0.25) is 0 Å². The second-order valence-electron chi connectivity index (χ2n) is 3.78. The van der Waals surface area contributed by atoms with E-state index < -0.39 is 0 Å². The Labute approximate surface area is 126 Å². The lowest BCUT2D eigenvalue weighted by Crippen LogP contribution is -1.99. The molecule has 0 radical (unpaired) electrons. The minimum Gasteiger partial charge on any atom is -0.0894 e. The molecule has 0 N–H and O–H groups in total. The zero-order valence-corrected chi connectivity index (χ0v) is 13.5. The van der Waals surface area contributed by atoms with Crippen molar-refractivity contribution in [1.82, 2.24) is 0 Å². The predicted molar refractivity (Wildman–Crippen MR) is 85.2 cm³/mol. The number of hydrogen-bond acceptors (Lipinski definition) is 1. The lowest BCUT2D eigenvalue weighted by atomic mass is 10.0. The molecule has 1 aliphatic rings. The van der Waals surface area contributed by atoms with Crippen LogP contribution in [0.4, 0.5) is 0 Å². The summed E-state index contributed by atoms with van der Waals surface area (Å²) >= 11 is 6.66. The molecule has 3 heteroatoms. The Bertz CT molecular complexity index is 514. The van der Waals surface area contributed by atoms with Crippen molar-refractivity contribution in [3.63, 3.8) is 0 Å². The van der Waals surface area contributed by atoms with E-state index in [1.165, 1.54) is 28.1 Å². The van der Waals surface area contributed by atoms with Gasteiger partial charge in [-0.15, -0.1) is 0 Å². The highest BCUT2D eigenvalue weighted by atomic mass is 127. The van der Waals surface area contributed by atoms with Crippen LogP contribution in [-0.2, 0) is 6.42 Å². The van der Waals surface area contributed by atoms with Gasteiger partial charge in [0.15, 0.2) is 0 Å². The fraction of sp³-hybridized carbons (Fsp3) is 0.0769. The first-order valence-corrected chi connectivity index (χ1v) is 7.94. The van der Waals surface area contributed by atoms with Crippen molar-refractivity contribution in [2.75, 3.05) is 0 Å². The number of fused-ring (bicyclic) bond motifs is 2. The smallest absolute Gasteiger partial charge is 0.0168 e. The van der Waals surface area contributed by atoms with E-state index in [-0.39, 0.29) is 0 Å². The third kappa shape index (κ3) is 2.13. The summed E-state index contributed by atoms with van der Waals surface area (Å²) in [4.78, 5) is 2.84. The van der Waals surface area contributed by atoms with Crippen LogP contribution >= 0.6 is 56.9 Å². The van der Waals surface area contributed by atoms with Gasteiger partial charge in [-0.2, -0.15) is 0 Å². The van der Waals surface area contributed by atoms with Gasteiger partial charge in [0.25, 0.3) is 0 Å². The molecular weight excluding hydrogens is 442 g/mol. The number of hydrogen-bond donors (Lipinski definition) is 0. The van der Waals surface area contributed by atoms with Crippen LogP contribution in [0.2, 0.25) is 0 Å². The van der Waals surface area contributed by atoms with Gasteiger partial charge in [0.1, 0.15) is 0 Å². The van der Waals surface area contributed by atoms with Crippen molar-refractivity contribution < 1.29 is 0 Å². The van der Waals surface area contributed by atoms with Gasteiger partial charge in [-0.1, -0.05) is 23.9 Å². The molecule has 2 aromatic rings. The molecule has 1 heterocycles. The maximum absolute atomic E-state index is 2.38. The molecule has 2 aromatic carbocycles. The Morgan fingerprint density at radius 3 is 1.81 bits per heavy atom. The van der Waals surface area contributed by atoms with Crippen LogP contribution in [0.1, 0.15) is 11.1 Å². The topological polar surface area (TPSA) is 0 Å². The second-order valence-corrected chi connectivity index (χ2v) is 7.36. The van der Waals surface area contributed by atoms with Crippen molar-refractivity contribution in [2.45, 2.75) is 16.2 Å². The molecule has 0 fully saturated rings. The van der Waals surface area contributed by atoms with E-state index in [1.54, 1.807) is 0 Å². The van der Waals surface area contributed by atoms with Gasteiger partial charge in [0, 0.05) is 16.9 Å². The Hall–Kier alpha value is 0.250. The molecule has 1 aliphatic heterocycles. The molecule has 16 heavy (non-hydrogen) atoms. The first kappa shape index (κ1) is 11.3. The van der Waals surface area contributed by atoms with Gasteiger partial charge in [-0.3, -0.25) is 0 Å². The molecule has 0 aromatic heterocycles. The highest BCUT2D eigenvalue weighted by Crippen LogP contribution is 2.40. The number of rotatable bonds is 0. The van der Waals surface area contributed by atoms with Crippen LogP contribution in [0.3, 0.4) is 0 Å². The van der Waals surface area contributed by atoms with Crippen LogP contribution in [0.15, 0.2) is 46.2 Å². The van der Waals surface area contributed by atoms with Crippen molar-refractivity contribution in [1.29, 1.82) is 0 Å². The monoisotopic (exact) mass is 450 g/mol. The van der Waals surface area contributed by atoms with E-state index in [9.17, 15) is 0 Å². The van der Waals surface area contributed by atoms with Crippen molar-refractivity contribution in [3.8, 4) is 0 Å². The molecule has 0 nitrogen and oxygen atoms in total. The summed E-state index contributed by atoms with van der Waals surface area (Å²) in [5, 5.41) is 0. The quantitative estimate of drug-likeness (QED) is 0.437. The van der Waals surface area contributed by atoms with Gasteiger partial charge in [0.05, 0.1) is 0 Å². The normalized spacial score (nSPS) is 13.1. The van der Waals surface area contributed by atoms with Crippen LogP contribution in [0.25, 0.3) is 0 Å². The van der Waals surface area contributed by atoms with Gasteiger partial charge in [-0.05, 0) is 87.0 Å². The molecule has 0 spiro atoms. The zero-order chi connectivity index (χ0) is 11.1. The lowest BCUT2D eigenvalue weighted by Gasteiger charge is -2.19. The largest absolute Gasteiger partial charge is 0.0894 e. The van der Waals surface area contributed by atoms with Crippen molar-refractivity contribution in [3.05, 3.63) is 54.7 Å². The average Bonchev–Trinajstić information content (AvgIpc) is 2.26. The summed E-state index contributed by atoms with van der Waals surface area (Å²) in [6.45, 7) is 0. The summed E-state index contributed by atoms with van der Waals surface area (Å²) in [5.74, 6) is 0. The summed E-state index contributed by atoms with van der Waals surface area (Å²) in [6.07, 6.45) is 1.07. The maximum Gasteiger partial charge on any atom is 0.0168 e. The highest BCUT2D eigenvalue weighted by Gasteiger charge is 2.16. The molecule has 0 saturated heterocycles. The minimum absolute atomic E-state index is 1.07. The molecule has 80 valence electrons. The molecule has 0 aliphatic carbocycles. The minimum atomic E-state index is 1.07. The van der Waals surface area contributed by atoms with E-state index in [1.807, 2.05) is 11.8 Å². The third-order valence-electron chi connectivity index (χ3n) is 2.66. The molecule has 0 saturated carbocycles. The summed E-state index contributed by atoms with van der Waals surface area (Å²) in [7, 11) is 0. The van der Waals surface area contributed by atoms with E-state index in [2.05, 4.69) is 81.6 Å². The van der Waals surface area contributed by atoms with E-state index >= 15 is 0 Å². The Kier molecular flexibility index (Phi) is 3.19. The number of halogens is 2. The van der Waals surface area contributed by atoms with Crippen molar-refractivity contribution in [2.24, 2.45) is 0 Å². The van der Waals surface area contributed by atoms with E-state index in [4.69, 9.17) is 0 Å². The fourth-order valence-corrected chi connectivity index (χ4v) is 4.42. The molecular formula is C13H8I2S. The van der Waals surface area contributed by atoms with Gasteiger partial charge in [-0.25, -0.2) is 0 Å². The first-order chi connectivity index (χ1) is 7.72. The molecule has 0 unspecified atom stereocenters. The predicted octanol–water partition coefficient (Wildman–Crippen LogP) is 4.95. The maximum atomic E-state index is 2.38. The third-order valence-corrected chi connectivity index (χ3v) is 5.20. The molecule has 3 rings (SSSR count). The molecule has 0 amide bonds. The zero-order valence-electron chi connectivity index (χ0n) is 8.34. The molecule has 0 bridgehead atoms. The van der Waals surface area contributed by atoms with Gasteiger partial charge >= 0.3 is 0 Å². The van der Waals surface area contributed by atoms with E-state index in [0.717, 1.165) is 6.42 Å². The fourth-order valence-electron chi connectivity index (χ4n) is 1.86. The second kappa shape index (κ2) is 4.49. The standard InChI is InChI=1S/C13H8I2S/c14-10-3-1-8-5-9-2-4-11(15)7-13(9)16-12(8)6-10/h1-4,6-7H,5H2. The van der Waals surface area contributed by atoms with Crippen LogP contribution < -0.4 is 0 Å². The Balaban J connectivity index is 2.10. The summed E-state index contributed by atoms with van der Waals surface area (Å²) in [5.41, 5.74) is 2.92. The summed E-state index contributed by atoms with van der Waals surface area (Å²) < 4.78 is 2.64. The van der Waals surface area contributed by atoms with E-state index in [0.29, 0.717) is 0 Å². The summed E-state index contributed by atoms with van der Waals surface area (Å²) in [6, 6.07) is 13.5. The van der Waals surface area contributed by atoms with Crippen LogP contribution in [0, 0.1) is 7.14 Å². The number of benzene rings is 2. The highest BCUT2D eigenvalue weighted by molar-refractivity contribution is 14.1. The lowest BCUT2D eigenvalue weighted by molar-refractivity contribution is 1.05. The Morgan fingerprint density at radius 1 is 0.812 bits per heavy atom.